The third-order valence-corrected chi connectivity index (χ3v) is 4.58. The molecule has 2 bridgehead atoms. The first kappa shape index (κ1) is 15.8. The molecule has 3 amide bonds. The predicted octanol–water partition coefficient (Wildman–Crippen LogP) is 1.74. The third kappa shape index (κ3) is 3.46. The van der Waals surface area contributed by atoms with E-state index in [1.165, 1.54) is 0 Å². The highest BCUT2D eigenvalue weighted by Gasteiger charge is 2.38. The van der Waals surface area contributed by atoms with Crippen molar-refractivity contribution >= 4 is 11.9 Å². The summed E-state index contributed by atoms with van der Waals surface area (Å²) in [6.45, 7) is 5.99. The summed E-state index contributed by atoms with van der Waals surface area (Å²) >= 11 is 0. The maximum Gasteiger partial charge on any atom is 0.317 e. The molecule has 0 saturated carbocycles. The lowest BCUT2D eigenvalue weighted by Crippen LogP contribution is -2.52. The Morgan fingerprint density at radius 3 is 2.78 bits per heavy atom. The van der Waals surface area contributed by atoms with Gasteiger partial charge in [-0.25, -0.2) is 4.79 Å². The van der Waals surface area contributed by atoms with Crippen molar-refractivity contribution in [1.29, 1.82) is 0 Å². The Kier molecular flexibility index (Phi) is 4.50. The summed E-state index contributed by atoms with van der Waals surface area (Å²) in [6.07, 6.45) is 5.32. The van der Waals surface area contributed by atoms with E-state index < -0.39 is 0 Å². The van der Waals surface area contributed by atoms with Gasteiger partial charge >= 0.3 is 6.03 Å². The van der Waals surface area contributed by atoms with Crippen LogP contribution in [0.2, 0.25) is 0 Å². The number of carbonyl (C=O) groups is 2. The van der Waals surface area contributed by atoms with Crippen molar-refractivity contribution in [3.8, 4) is 0 Å². The van der Waals surface area contributed by atoms with E-state index in [1.54, 1.807) is 24.5 Å². The average Bonchev–Trinajstić information content (AvgIpc) is 2.86. The average molecular weight is 316 g/mol. The van der Waals surface area contributed by atoms with Crippen molar-refractivity contribution < 1.29 is 9.59 Å². The molecule has 1 N–H and O–H groups in total. The SMILES string of the molecule is CC(C)NC(=O)N1C[C@@H]2CC[C@H]1CN(C(=O)c1cccnc1)C2. The minimum absolute atomic E-state index is 0.00891. The second-order valence-electron chi connectivity index (χ2n) is 6.81. The molecule has 6 nitrogen and oxygen atoms in total. The number of fused-ring (bicyclic) bond motifs is 4. The van der Waals surface area contributed by atoms with Crippen LogP contribution >= 0.6 is 0 Å². The van der Waals surface area contributed by atoms with Crippen LogP contribution in [-0.2, 0) is 0 Å². The predicted molar refractivity (Wildman–Crippen MR) is 87.0 cm³/mol. The van der Waals surface area contributed by atoms with E-state index in [0.717, 1.165) is 25.9 Å². The van der Waals surface area contributed by atoms with Crippen molar-refractivity contribution in [2.75, 3.05) is 19.6 Å². The fraction of sp³-hybridized carbons (Fsp3) is 0.588. The quantitative estimate of drug-likeness (QED) is 0.904. The third-order valence-electron chi connectivity index (χ3n) is 4.58. The number of piperidine rings is 1. The topological polar surface area (TPSA) is 65.5 Å². The second kappa shape index (κ2) is 6.56. The first-order valence-corrected chi connectivity index (χ1v) is 8.31. The lowest BCUT2D eigenvalue weighted by atomic mass is 9.95. The van der Waals surface area contributed by atoms with Crippen LogP contribution in [0.3, 0.4) is 0 Å². The van der Waals surface area contributed by atoms with Crippen LogP contribution in [0.15, 0.2) is 24.5 Å². The molecule has 0 aliphatic carbocycles. The number of urea groups is 1. The largest absolute Gasteiger partial charge is 0.336 e. The highest BCUT2D eigenvalue weighted by Crippen LogP contribution is 2.28. The molecule has 1 aromatic heterocycles. The first-order chi connectivity index (χ1) is 11.0. The van der Waals surface area contributed by atoms with Gasteiger partial charge in [0, 0.05) is 38.1 Å². The molecule has 0 unspecified atom stereocenters. The van der Waals surface area contributed by atoms with Crippen molar-refractivity contribution in [1.82, 2.24) is 20.1 Å². The summed E-state index contributed by atoms with van der Waals surface area (Å²) in [5.41, 5.74) is 0.618. The van der Waals surface area contributed by atoms with Crippen molar-refractivity contribution in [2.24, 2.45) is 5.92 Å². The zero-order valence-corrected chi connectivity index (χ0v) is 13.7. The van der Waals surface area contributed by atoms with Crippen LogP contribution in [0.25, 0.3) is 0 Å². The number of hydrogen-bond acceptors (Lipinski definition) is 3. The highest BCUT2D eigenvalue weighted by atomic mass is 16.2. The smallest absolute Gasteiger partial charge is 0.317 e. The van der Waals surface area contributed by atoms with Gasteiger partial charge in [0.2, 0.25) is 0 Å². The van der Waals surface area contributed by atoms with Crippen molar-refractivity contribution in [3.05, 3.63) is 30.1 Å². The molecule has 2 atom stereocenters. The van der Waals surface area contributed by atoms with Gasteiger partial charge in [-0.1, -0.05) is 0 Å². The van der Waals surface area contributed by atoms with E-state index in [2.05, 4.69) is 10.3 Å². The maximum atomic E-state index is 12.7. The molecule has 0 spiro atoms. The van der Waals surface area contributed by atoms with Crippen LogP contribution in [0.5, 0.6) is 0 Å². The van der Waals surface area contributed by atoms with Crippen LogP contribution < -0.4 is 5.32 Å². The van der Waals surface area contributed by atoms with E-state index >= 15 is 0 Å². The van der Waals surface area contributed by atoms with Crippen LogP contribution in [-0.4, -0.2) is 58.4 Å². The van der Waals surface area contributed by atoms with Gasteiger partial charge in [0.05, 0.1) is 11.6 Å². The lowest BCUT2D eigenvalue weighted by molar-refractivity contribution is 0.0741. The van der Waals surface area contributed by atoms with Crippen molar-refractivity contribution in [3.63, 3.8) is 0 Å². The molecule has 4 rings (SSSR count). The highest BCUT2D eigenvalue weighted by molar-refractivity contribution is 5.94. The number of hydrogen-bond donors (Lipinski definition) is 1. The van der Waals surface area contributed by atoms with E-state index in [0.29, 0.717) is 18.0 Å². The molecule has 23 heavy (non-hydrogen) atoms. The van der Waals surface area contributed by atoms with Gasteiger partial charge in [-0.2, -0.15) is 0 Å². The number of pyridine rings is 1. The van der Waals surface area contributed by atoms with E-state index in [4.69, 9.17) is 0 Å². The van der Waals surface area contributed by atoms with Gasteiger partial charge in [0.25, 0.3) is 5.91 Å². The van der Waals surface area contributed by atoms with Crippen molar-refractivity contribution in [2.45, 2.75) is 38.8 Å². The van der Waals surface area contributed by atoms with Gasteiger partial charge in [0.1, 0.15) is 0 Å². The molecule has 3 aliphatic rings. The summed E-state index contributed by atoms with van der Waals surface area (Å²) < 4.78 is 0. The van der Waals surface area contributed by atoms with E-state index in [-0.39, 0.29) is 24.0 Å². The Balaban J connectivity index is 1.74. The number of aromatic nitrogens is 1. The van der Waals surface area contributed by atoms with E-state index in [9.17, 15) is 9.59 Å². The summed E-state index contributed by atoms with van der Waals surface area (Å²) in [6, 6.07) is 3.80. The van der Waals surface area contributed by atoms with Gasteiger partial charge in [-0.15, -0.1) is 0 Å². The molecule has 124 valence electrons. The molecule has 4 heterocycles. The summed E-state index contributed by atoms with van der Waals surface area (Å²) in [4.78, 5) is 32.9. The zero-order chi connectivity index (χ0) is 16.4. The van der Waals surface area contributed by atoms with E-state index in [1.807, 2.05) is 23.6 Å². The molecule has 3 saturated heterocycles. The Morgan fingerprint density at radius 1 is 1.26 bits per heavy atom. The second-order valence-corrected chi connectivity index (χ2v) is 6.81. The monoisotopic (exact) mass is 316 g/mol. The van der Waals surface area contributed by atoms with Gasteiger partial charge in [-0.3, -0.25) is 9.78 Å². The summed E-state index contributed by atoms with van der Waals surface area (Å²) in [5, 5.41) is 2.97. The number of nitrogens with zero attached hydrogens (tertiary/aromatic N) is 3. The normalized spacial score (nSPS) is 23.8. The summed E-state index contributed by atoms with van der Waals surface area (Å²) in [7, 11) is 0. The Labute approximate surface area is 136 Å². The maximum absolute atomic E-state index is 12.7. The van der Waals surface area contributed by atoms with Gasteiger partial charge in [0.15, 0.2) is 0 Å². The van der Waals surface area contributed by atoms with Gasteiger partial charge in [-0.05, 0) is 44.7 Å². The molecular weight excluding hydrogens is 292 g/mol. The molecule has 1 aromatic rings. The minimum atomic E-state index is -0.00891. The molecule has 0 radical (unpaired) electrons. The number of carbonyl (C=O) groups excluding carboxylic acids is 2. The van der Waals surface area contributed by atoms with Crippen LogP contribution in [0, 0.1) is 5.92 Å². The Bertz CT molecular complexity index is 575. The fourth-order valence-electron chi connectivity index (χ4n) is 3.50. The minimum Gasteiger partial charge on any atom is -0.336 e. The standard InChI is InChI=1S/C17H24N4O2/c1-12(2)19-17(23)21-10-13-5-6-15(21)11-20(9-13)16(22)14-4-3-7-18-8-14/h3-4,7-8,12-13,15H,5-6,9-11H2,1-2H3,(H,19,23)/t13-,15+/m1/s1. The van der Waals surface area contributed by atoms with Crippen LogP contribution in [0.1, 0.15) is 37.0 Å². The van der Waals surface area contributed by atoms with Gasteiger partial charge < -0.3 is 15.1 Å². The first-order valence-electron chi connectivity index (χ1n) is 8.31. The van der Waals surface area contributed by atoms with Crippen LogP contribution in [0.4, 0.5) is 4.79 Å². The zero-order valence-electron chi connectivity index (χ0n) is 13.7. The summed E-state index contributed by atoms with van der Waals surface area (Å²) in [5.74, 6) is 0.369. The molecule has 3 aliphatic heterocycles. The lowest BCUT2D eigenvalue weighted by Gasteiger charge is -2.36. The fourth-order valence-corrected chi connectivity index (χ4v) is 3.50. The Morgan fingerprint density at radius 2 is 2.09 bits per heavy atom. The Hall–Kier alpha value is -2.11. The molecule has 6 heteroatoms. The number of amides is 3. The molecular formula is C17H24N4O2. The number of nitrogens with one attached hydrogen (secondary N) is 1. The molecule has 0 aromatic carbocycles. The molecule has 3 fully saturated rings. The number of rotatable bonds is 2.